The maximum absolute atomic E-state index is 12.3. The molecule has 3 nitrogen and oxygen atoms in total. The van der Waals surface area contributed by atoms with E-state index in [0.29, 0.717) is 12.3 Å². The van der Waals surface area contributed by atoms with Crippen molar-refractivity contribution in [3.05, 3.63) is 0 Å². The summed E-state index contributed by atoms with van der Waals surface area (Å²) < 4.78 is 0. The first-order chi connectivity index (χ1) is 8.51. The molecule has 1 aliphatic heterocycles. The van der Waals surface area contributed by atoms with Gasteiger partial charge < -0.3 is 10.6 Å². The van der Waals surface area contributed by atoms with E-state index in [2.05, 4.69) is 13.8 Å². The van der Waals surface area contributed by atoms with Crippen LogP contribution in [0.2, 0.25) is 0 Å². The van der Waals surface area contributed by atoms with Gasteiger partial charge in [0.05, 0.1) is 5.54 Å². The van der Waals surface area contributed by atoms with E-state index in [0.717, 1.165) is 25.3 Å². The molecule has 2 rings (SSSR count). The Labute approximate surface area is 111 Å². The Kier molecular flexibility index (Phi) is 4.31. The molecule has 0 aromatic heterocycles. The molecule has 1 saturated carbocycles. The fourth-order valence-electron chi connectivity index (χ4n) is 3.53. The van der Waals surface area contributed by atoms with Crippen molar-refractivity contribution in [3.8, 4) is 0 Å². The van der Waals surface area contributed by atoms with Gasteiger partial charge in [0.25, 0.3) is 0 Å². The molecule has 0 aromatic carbocycles. The second-order valence-corrected chi connectivity index (χ2v) is 6.64. The van der Waals surface area contributed by atoms with Crippen LogP contribution in [0.4, 0.5) is 0 Å². The number of nitrogens with zero attached hydrogens (tertiary/aromatic N) is 1. The molecule has 18 heavy (non-hydrogen) atoms. The summed E-state index contributed by atoms with van der Waals surface area (Å²) in [6.45, 7) is 5.04. The highest BCUT2D eigenvalue weighted by molar-refractivity contribution is 5.77. The highest BCUT2D eigenvalue weighted by atomic mass is 16.2. The van der Waals surface area contributed by atoms with Gasteiger partial charge in [0.2, 0.25) is 5.91 Å². The van der Waals surface area contributed by atoms with Crippen LogP contribution in [0.3, 0.4) is 0 Å². The van der Waals surface area contributed by atoms with E-state index in [9.17, 15) is 4.79 Å². The number of nitrogens with two attached hydrogens (primary N) is 1. The third kappa shape index (κ3) is 2.87. The van der Waals surface area contributed by atoms with Crippen LogP contribution in [0.5, 0.6) is 0 Å². The van der Waals surface area contributed by atoms with Crippen LogP contribution in [0.15, 0.2) is 0 Å². The summed E-state index contributed by atoms with van der Waals surface area (Å²) in [6.07, 6.45) is 9.52. The van der Waals surface area contributed by atoms with Crippen LogP contribution >= 0.6 is 0 Å². The average Bonchev–Trinajstić information content (AvgIpc) is 2.89. The van der Waals surface area contributed by atoms with Crippen LogP contribution in [0.1, 0.15) is 65.2 Å². The summed E-state index contributed by atoms with van der Waals surface area (Å²) in [5.74, 6) is 1.21. The monoisotopic (exact) mass is 252 g/mol. The number of amides is 1. The predicted octanol–water partition coefficient (Wildman–Crippen LogP) is 2.69. The Morgan fingerprint density at radius 1 is 1.28 bits per heavy atom. The van der Waals surface area contributed by atoms with Gasteiger partial charge in [-0.3, -0.25) is 4.79 Å². The van der Waals surface area contributed by atoms with Gasteiger partial charge in [-0.05, 0) is 39.0 Å². The SMILES string of the molecule is CC1(C)C(N)CCN1C(=O)CCCC1CCCC1. The summed E-state index contributed by atoms with van der Waals surface area (Å²) >= 11 is 0. The lowest BCUT2D eigenvalue weighted by molar-refractivity contribution is -0.134. The zero-order valence-corrected chi connectivity index (χ0v) is 12.0. The van der Waals surface area contributed by atoms with E-state index in [-0.39, 0.29) is 11.6 Å². The molecule has 1 aliphatic carbocycles. The number of carbonyl (C=O) groups excluding carboxylic acids is 1. The molecule has 0 radical (unpaired) electrons. The minimum Gasteiger partial charge on any atom is -0.336 e. The second-order valence-electron chi connectivity index (χ2n) is 6.64. The summed E-state index contributed by atoms with van der Waals surface area (Å²) in [5, 5.41) is 0. The first-order valence-corrected chi connectivity index (χ1v) is 7.58. The molecule has 1 amide bonds. The van der Waals surface area contributed by atoms with Crippen LogP contribution in [0, 0.1) is 5.92 Å². The summed E-state index contributed by atoms with van der Waals surface area (Å²) in [6, 6.07) is 0.135. The van der Waals surface area contributed by atoms with E-state index in [4.69, 9.17) is 5.73 Å². The molecule has 0 spiro atoms. The van der Waals surface area contributed by atoms with Crippen LogP contribution in [-0.2, 0) is 4.79 Å². The van der Waals surface area contributed by atoms with Gasteiger partial charge in [-0.15, -0.1) is 0 Å². The summed E-state index contributed by atoms with van der Waals surface area (Å²) in [4.78, 5) is 14.3. The third-order valence-electron chi connectivity index (χ3n) is 5.05. The van der Waals surface area contributed by atoms with Crippen molar-refractivity contribution < 1.29 is 4.79 Å². The van der Waals surface area contributed by atoms with E-state index in [1.165, 1.54) is 32.1 Å². The first kappa shape index (κ1) is 13.9. The standard InChI is InChI=1S/C15H28N2O/c1-15(2)13(16)10-11-17(15)14(18)9-5-8-12-6-3-4-7-12/h12-13H,3-11,16H2,1-2H3. The van der Waals surface area contributed by atoms with Gasteiger partial charge in [0.15, 0.2) is 0 Å². The maximum Gasteiger partial charge on any atom is 0.223 e. The lowest BCUT2D eigenvalue weighted by Crippen LogP contribution is -2.51. The lowest BCUT2D eigenvalue weighted by Gasteiger charge is -2.34. The van der Waals surface area contributed by atoms with E-state index in [1.807, 2.05) is 4.90 Å². The number of likely N-dealkylation sites (tertiary alicyclic amines) is 1. The fraction of sp³-hybridized carbons (Fsp3) is 0.933. The van der Waals surface area contributed by atoms with Gasteiger partial charge in [0.1, 0.15) is 0 Å². The fourth-order valence-corrected chi connectivity index (χ4v) is 3.53. The first-order valence-electron chi connectivity index (χ1n) is 7.58. The molecular formula is C15H28N2O. The molecule has 2 N–H and O–H groups in total. The van der Waals surface area contributed by atoms with Gasteiger partial charge in [-0.25, -0.2) is 0 Å². The largest absolute Gasteiger partial charge is 0.336 e. The Balaban J connectivity index is 1.74. The van der Waals surface area contributed by atoms with Crippen LogP contribution in [0.25, 0.3) is 0 Å². The maximum atomic E-state index is 12.3. The zero-order valence-electron chi connectivity index (χ0n) is 12.0. The number of hydrogen-bond acceptors (Lipinski definition) is 2. The molecule has 1 atom stereocenters. The quantitative estimate of drug-likeness (QED) is 0.836. The highest BCUT2D eigenvalue weighted by Crippen LogP contribution is 2.31. The third-order valence-corrected chi connectivity index (χ3v) is 5.05. The van der Waals surface area contributed by atoms with E-state index in [1.54, 1.807) is 0 Å². The minimum absolute atomic E-state index is 0.135. The molecule has 0 bridgehead atoms. The summed E-state index contributed by atoms with van der Waals surface area (Å²) in [5.41, 5.74) is 5.93. The van der Waals surface area contributed by atoms with Crippen molar-refractivity contribution in [2.75, 3.05) is 6.54 Å². The van der Waals surface area contributed by atoms with Crippen molar-refractivity contribution in [2.24, 2.45) is 11.7 Å². The minimum atomic E-state index is -0.148. The summed E-state index contributed by atoms with van der Waals surface area (Å²) in [7, 11) is 0. The van der Waals surface area contributed by atoms with Crippen molar-refractivity contribution in [1.82, 2.24) is 4.90 Å². The molecule has 1 heterocycles. The van der Waals surface area contributed by atoms with Gasteiger partial charge >= 0.3 is 0 Å². The van der Waals surface area contributed by atoms with Gasteiger partial charge in [0, 0.05) is 19.0 Å². The van der Waals surface area contributed by atoms with Crippen molar-refractivity contribution >= 4 is 5.91 Å². The highest BCUT2D eigenvalue weighted by Gasteiger charge is 2.41. The molecule has 0 aromatic rings. The zero-order chi connectivity index (χ0) is 13.2. The Morgan fingerprint density at radius 3 is 2.50 bits per heavy atom. The Morgan fingerprint density at radius 2 is 1.94 bits per heavy atom. The Hall–Kier alpha value is -0.570. The number of carbonyl (C=O) groups is 1. The van der Waals surface area contributed by atoms with Gasteiger partial charge in [-0.1, -0.05) is 25.7 Å². The van der Waals surface area contributed by atoms with Crippen LogP contribution < -0.4 is 5.73 Å². The molecule has 3 heteroatoms. The number of rotatable bonds is 4. The molecule has 2 fully saturated rings. The second kappa shape index (κ2) is 5.60. The molecule has 1 unspecified atom stereocenters. The topological polar surface area (TPSA) is 46.3 Å². The van der Waals surface area contributed by atoms with E-state index >= 15 is 0 Å². The lowest BCUT2D eigenvalue weighted by atomic mass is 9.96. The van der Waals surface area contributed by atoms with Crippen molar-refractivity contribution in [2.45, 2.75) is 76.8 Å². The van der Waals surface area contributed by atoms with Crippen molar-refractivity contribution in [3.63, 3.8) is 0 Å². The normalized spacial score (nSPS) is 27.9. The smallest absolute Gasteiger partial charge is 0.223 e. The Bertz CT molecular complexity index is 295. The van der Waals surface area contributed by atoms with Gasteiger partial charge in [-0.2, -0.15) is 0 Å². The van der Waals surface area contributed by atoms with Crippen LogP contribution in [-0.4, -0.2) is 28.9 Å². The molecule has 1 saturated heterocycles. The van der Waals surface area contributed by atoms with Crippen molar-refractivity contribution in [1.29, 1.82) is 0 Å². The molecular weight excluding hydrogens is 224 g/mol. The molecule has 104 valence electrons. The molecule has 2 aliphatic rings. The average molecular weight is 252 g/mol. The number of hydrogen-bond donors (Lipinski definition) is 1. The van der Waals surface area contributed by atoms with E-state index < -0.39 is 0 Å². The predicted molar refractivity (Wildman–Crippen MR) is 74.2 cm³/mol.